The highest BCUT2D eigenvalue weighted by Gasteiger charge is 2.13. The predicted octanol–water partition coefficient (Wildman–Crippen LogP) is 0.0335. The van der Waals surface area contributed by atoms with Gasteiger partial charge < -0.3 is 15.0 Å². The fourth-order valence-electron chi connectivity index (χ4n) is 1.33. The number of aryl methyl sites for hydroxylation is 1. The van der Waals surface area contributed by atoms with Crippen molar-refractivity contribution in [3.05, 3.63) is 18.1 Å². The van der Waals surface area contributed by atoms with E-state index in [1.54, 1.807) is 23.9 Å². The van der Waals surface area contributed by atoms with Crippen molar-refractivity contribution in [3.63, 3.8) is 0 Å². The Morgan fingerprint density at radius 3 is 2.93 bits per heavy atom. The molecule has 0 aromatic carbocycles. The number of carbonyl (C=O) groups excluding carboxylic acids is 1. The van der Waals surface area contributed by atoms with E-state index in [1.165, 1.54) is 7.05 Å². The van der Waals surface area contributed by atoms with Gasteiger partial charge in [-0.2, -0.15) is 4.98 Å². The molecular weight excluding hydrogens is 196 g/mol. The van der Waals surface area contributed by atoms with E-state index in [1.807, 2.05) is 0 Å². The van der Waals surface area contributed by atoms with Crippen LogP contribution in [0.3, 0.4) is 0 Å². The minimum Gasteiger partial charge on any atom is -0.493 e. The quantitative estimate of drug-likeness (QED) is 0.690. The fourth-order valence-corrected chi connectivity index (χ4v) is 1.33. The van der Waals surface area contributed by atoms with Crippen LogP contribution in [0, 0.1) is 0 Å². The standard InChI is InChI=1S/C9H10N4O2/c1-10-9(15)6-11-7-5(8(14)12-6)3-4-13(7)2/h3-4H,1-2H3,(H,10,15)(H,11,12,14). The first-order valence-electron chi connectivity index (χ1n) is 4.37. The molecule has 0 spiro atoms. The maximum Gasteiger partial charge on any atom is 0.289 e. The lowest BCUT2D eigenvalue weighted by Crippen LogP contribution is -2.20. The maximum atomic E-state index is 11.3. The number of aromatic nitrogens is 3. The topological polar surface area (TPSA) is 80.0 Å². The van der Waals surface area contributed by atoms with Crippen molar-refractivity contribution in [2.45, 2.75) is 0 Å². The number of carbonyl (C=O) groups is 1. The number of hydrogen-bond acceptors (Lipinski definition) is 4. The molecular formula is C9H10N4O2. The van der Waals surface area contributed by atoms with Gasteiger partial charge in [0.25, 0.3) is 5.91 Å². The van der Waals surface area contributed by atoms with Gasteiger partial charge in [-0.15, -0.1) is 0 Å². The van der Waals surface area contributed by atoms with Gasteiger partial charge in [-0.3, -0.25) is 4.79 Å². The minimum absolute atomic E-state index is 0.0377. The number of rotatable bonds is 1. The molecule has 2 N–H and O–H groups in total. The van der Waals surface area contributed by atoms with Crippen LogP contribution in [0.25, 0.3) is 11.0 Å². The highest BCUT2D eigenvalue weighted by atomic mass is 16.3. The van der Waals surface area contributed by atoms with Crippen molar-refractivity contribution in [1.82, 2.24) is 19.9 Å². The fraction of sp³-hybridized carbons (Fsp3) is 0.222. The Hall–Kier alpha value is -2.11. The van der Waals surface area contributed by atoms with Gasteiger partial charge in [-0.1, -0.05) is 0 Å². The van der Waals surface area contributed by atoms with Crippen LogP contribution >= 0.6 is 0 Å². The Morgan fingerprint density at radius 2 is 2.27 bits per heavy atom. The van der Waals surface area contributed by atoms with Gasteiger partial charge in [-0.25, -0.2) is 4.98 Å². The summed E-state index contributed by atoms with van der Waals surface area (Å²) in [7, 11) is 3.26. The van der Waals surface area contributed by atoms with E-state index in [2.05, 4.69) is 15.3 Å². The molecule has 0 saturated heterocycles. The first kappa shape index (κ1) is 9.45. The zero-order valence-corrected chi connectivity index (χ0v) is 8.35. The molecule has 6 nitrogen and oxygen atoms in total. The summed E-state index contributed by atoms with van der Waals surface area (Å²) in [6.07, 6.45) is 1.74. The lowest BCUT2D eigenvalue weighted by molar-refractivity contribution is 0.0952. The van der Waals surface area contributed by atoms with E-state index in [-0.39, 0.29) is 11.7 Å². The highest BCUT2D eigenvalue weighted by molar-refractivity contribution is 5.93. The van der Waals surface area contributed by atoms with Gasteiger partial charge >= 0.3 is 0 Å². The van der Waals surface area contributed by atoms with Gasteiger partial charge in [-0.05, 0) is 6.07 Å². The smallest absolute Gasteiger partial charge is 0.289 e. The van der Waals surface area contributed by atoms with Crippen LogP contribution in [-0.4, -0.2) is 32.6 Å². The normalized spacial score (nSPS) is 10.5. The summed E-state index contributed by atoms with van der Waals surface area (Å²) in [6, 6.07) is 1.69. The number of hydrogen-bond donors (Lipinski definition) is 2. The molecule has 6 heteroatoms. The number of nitrogens with zero attached hydrogens (tertiary/aromatic N) is 3. The van der Waals surface area contributed by atoms with Crippen LogP contribution in [0.5, 0.6) is 5.88 Å². The summed E-state index contributed by atoms with van der Waals surface area (Å²) in [5.74, 6) is -0.642. The summed E-state index contributed by atoms with van der Waals surface area (Å²) in [5.41, 5.74) is 0.529. The predicted molar refractivity (Wildman–Crippen MR) is 53.6 cm³/mol. The van der Waals surface area contributed by atoms with Gasteiger partial charge in [0.05, 0.1) is 5.39 Å². The molecule has 0 fully saturated rings. The zero-order valence-electron chi connectivity index (χ0n) is 8.35. The Kier molecular flexibility index (Phi) is 2.03. The molecule has 0 bridgehead atoms. The molecule has 0 aliphatic heterocycles. The van der Waals surface area contributed by atoms with Crippen molar-refractivity contribution in [2.24, 2.45) is 7.05 Å². The lowest BCUT2D eigenvalue weighted by Gasteiger charge is -2.01. The van der Waals surface area contributed by atoms with Gasteiger partial charge in [0.1, 0.15) is 5.65 Å². The number of aromatic hydroxyl groups is 1. The second kappa shape index (κ2) is 3.23. The molecule has 1 amide bonds. The molecule has 2 aromatic heterocycles. The summed E-state index contributed by atoms with van der Waals surface area (Å²) < 4.78 is 1.71. The van der Waals surface area contributed by atoms with Crippen LogP contribution in [0.4, 0.5) is 0 Å². The van der Waals surface area contributed by atoms with Gasteiger partial charge in [0, 0.05) is 20.3 Å². The van der Waals surface area contributed by atoms with E-state index in [4.69, 9.17) is 0 Å². The summed E-state index contributed by atoms with van der Waals surface area (Å²) >= 11 is 0. The molecule has 2 heterocycles. The minimum atomic E-state index is -0.423. The molecule has 0 saturated carbocycles. The van der Waals surface area contributed by atoms with Crippen LogP contribution in [0.2, 0.25) is 0 Å². The van der Waals surface area contributed by atoms with Gasteiger partial charge in [0.2, 0.25) is 11.7 Å². The summed E-state index contributed by atoms with van der Waals surface area (Å²) in [4.78, 5) is 19.0. The molecule has 0 aliphatic rings. The van der Waals surface area contributed by atoms with E-state index >= 15 is 0 Å². The van der Waals surface area contributed by atoms with Crippen molar-refractivity contribution in [1.29, 1.82) is 0 Å². The van der Waals surface area contributed by atoms with Crippen LogP contribution in [-0.2, 0) is 7.05 Å². The number of nitrogens with one attached hydrogen (secondary N) is 1. The van der Waals surface area contributed by atoms with Crippen LogP contribution in [0.15, 0.2) is 12.3 Å². The molecule has 0 radical (unpaired) electrons. The largest absolute Gasteiger partial charge is 0.493 e. The van der Waals surface area contributed by atoms with Gasteiger partial charge in [0.15, 0.2) is 0 Å². The van der Waals surface area contributed by atoms with Crippen molar-refractivity contribution >= 4 is 16.9 Å². The van der Waals surface area contributed by atoms with Crippen LogP contribution in [0.1, 0.15) is 10.6 Å². The van der Waals surface area contributed by atoms with Crippen molar-refractivity contribution in [2.75, 3.05) is 7.05 Å². The monoisotopic (exact) mass is 206 g/mol. The molecule has 2 aromatic rings. The van der Waals surface area contributed by atoms with E-state index in [9.17, 15) is 9.90 Å². The summed E-state index contributed by atoms with van der Waals surface area (Å²) in [6.45, 7) is 0. The van der Waals surface area contributed by atoms with Crippen molar-refractivity contribution in [3.8, 4) is 5.88 Å². The first-order chi connectivity index (χ1) is 7.13. The van der Waals surface area contributed by atoms with Crippen molar-refractivity contribution < 1.29 is 9.90 Å². The zero-order chi connectivity index (χ0) is 11.0. The lowest BCUT2D eigenvalue weighted by atomic mass is 10.4. The highest BCUT2D eigenvalue weighted by Crippen LogP contribution is 2.21. The number of amides is 1. The Bertz CT molecular complexity index is 532. The first-order valence-corrected chi connectivity index (χ1v) is 4.37. The van der Waals surface area contributed by atoms with E-state index in [0.29, 0.717) is 11.0 Å². The van der Waals surface area contributed by atoms with E-state index in [0.717, 1.165) is 0 Å². The third-order valence-corrected chi connectivity index (χ3v) is 2.13. The SMILES string of the molecule is CNC(=O)c1nc(O)c2ccn(C)c2n1. The summed E-state index contributed by atoms with van der Waals surface area (Å²) in [5, 5.41) is 12.5. The molecule has 0 atom stereocenters. The van der Waals surface area contributed by atoms with Crippen LogP contribution < -0.4 is 5.32 Å². The Balaban J connectivity index is 2.70. The third kappa shape index (κ3) is 1.39. The molecule has 0 aliphatic carbocycles. The molecule has 2 rings (SSSR count). The third-order valence-electron chi connectivity index (χ3n) is 2.13. The maximum absolute atomic E-state index is 11.3. The average Bonchev–Trinajstić information content (AvgIpc) is 2.60. The van der Waals surface area contributed by atoms with E-state index < -0.39 is 5.91 Å². The molecule has 15 heavy (non-hydrogen) atoms. The Morgan fingerprint density at radius 1 is 1.53 bits per heavy atom. The Labute approximate surface area is 85.6 Å². The second-order valence-corrected chi connectivity index (χ2v) is 3.11. The average molecular weight is 206 g/mol. The second-order valence-electron chi connectivity index (χ2n) is 3.11. The molecule has 0 unspecified atom stereocenters. The number of fused-ring (bicyclic) bond motifs is 1. The molecule has 78 valence electrons.